The number of aliphatic hydroxyl groups excluding tert-OH is 1. The number of benzene rings is 2. The molecule has 0 fully saturated rings. The molecule has 0 aliphatic rings. The molecular formula is C21H19ClN2O3S. The van der Waals surface area contributed by atoms with Crippen LogP contribution in [0.4, 0.5) is 5.69 Å². The number of carbonyl (C=O) groups excluding carboxylic acids is 1. The number of anilines is 1. The molecule has 0 spiro atoms. The van der Waals surface area contributed by atoms with Crippen molar-refractivity contribution in [3.05, 3.63) is 76.0 Å². The summed E-state index contributed by atoms with van der Waals surface area (Å²) in [7, 11) is 0. The Kier molecular flexibility index (Phi) is 6.14. The van der Waals surface area contributed by atoms with Crippen LogP contribution in [0.5, 0.6) is 0 Å². The van der Waals surface area contributed by atoms with Gasteiger partial charge in [-0.15, -0.1) is 0 Å². The van der Waals surface area contributed by atoms with Gasteiger partial charge < -0.3 is 14.8 Å². The fourth-order valence-corrected chi connectivity index (χ4v) is 3.19. The molecule has 0 aliphatic carbocycles. The number of aryl methyl sites for hydroxylation is 2. The zero-order valence-corrected chi connectivity index (χ0v) is 16.9. The second-order valence-corrected chi connectivity index (χ2v) is 7.22. The Labute approximate surface area is 173 Å². The second kappa shape index (κ2) is 8.56. The monoisotopic (exact) mass is 414 g/mol. The van der Waals surface area contributed by atoms with Gasteiger partial charge in [-0.2, -0.15) is 0 Å². The maximum atomic E-state index is 12.4. The van der Waals surface area contributed by atoms with Crippen molar-refractivity contribution in [2.45, 2.75) is 20.5 Å². The lowest BCUT2D eigenvalue weighted by atomic mass is 10.1. The summed E-state index contributed by atoms with van der Waals surface area (Å²) in [5.74, 6) is 0.764. The number of nitrogens with one attached hydrogen (secondary N) is 2. The molecular weight excluding hydrogens is 396 g/mol. The third-order valence-electron chi connectivity index (χ3n) is 4.03. The fourth-order valence-electron chi connectivity index (χ4n) is 2.83. The van der Waals surface area contributed by atoms with E-state index in [4.69, 9.17) is 33.3 Å². The molecule has 1 heterocycles. The van der Waals surface area contributed by atoms with Crippen LogP contribution < -0.4 is 10.6 Å². The molecule has 0 aliphatic heterocycles. The van der Waals surface area contributed by atoms with Gasteiger partial charge in [-0.1, -0.05) is 28.8 Å². The summed E-state index contributed by atoms with van der Waals surface area (Å²) in [4.78, 5) is 12.4. The van der Waals surface area contributed by atoms with Crippen molar-refractivity contribution >= 4 is 40.5 Å². The highest BCUT2D eigenvalue weighted by atomic mass is 35.5. The maximum absolute atomic E-state index is 12.4. The van der Waals surface area contributed by atoms with E-state index in [-0.39, 0.29) is 17.6 Å². The molecule has 3 aromatic rings. The van der Waals surface area contributed by atoms with E-state index < -0.39 is 0 Å². The minimum Gasteiger partial charge on any atom is -0.459 e. The van der Waals surface area contributed by atoms with Gasteiger partial charge in [-0.25, -0.2) is 0 Å². The first-order valence-electron chi connectivity index (χ1n) is 8.56. The van der Waals surface area contributed by atoms with Gasteiger partial charge in [0.05, 0.1) is 10.7 Å². The molecule has 2 aromatic carbocycles. The average molecular weight is 415 g/mol. The first kappa shape index (κ1) is 20.1. The summed E-state index contributed by atoms with van der Waals surface area (Å²) in [6.07, 6.45) is 0. The molecule has 144 valence electrons. The van der Waals surface area contributed by atoms with Crippen LogP contribution in [0.25, 0.3) is 11.3 Å². The van der Waals surface area contributed by atoms with Crippen LogP contribution in [-0.2, 0) is 6.61 Å². The zero-order chi connectivity index (χ0) is 20.3. The van der Waals surface area contributed by atoms with Gasteiger partial charge in [0.1, 0.15) is 18.1 Å². The van der Waals surface area contributed by atoms with E-state index in [1.165, 1.54) is 0 Å². The number of hydrogen-bond donors (Lipinski definition) is 3. The molecule has 0 unspecified atom stereocenters. The maximum Gasteiger partial charge on any atom is 0.257 e. The van der Waals surface area contributed by atoms with Crippen LogP contribution in [0, 0.1) is 13.8 Å². The molecule has 0 atom stereocenters. The van der Waals surface area contributed by atoms with Gasteiger partial charge in [-0.3, -0.25) is 10.1 Å². The largest absolute Gasteiger partial charge is 0.459 e. The number of furan rings is 1. The summed E-state index contributed by atoms with van der Waals surface area (Å²) in [6, 6.07) is 14.3. The zero-order valence-electron chi connectivity index (χ0n) is 15.4. The summed E-state index contributed by atoms with van der Waals surface area (Å²) in [5.41, 5.74) is 3.83. The summed E-state index contributed by atoms with van der Waals surface area (Å²) in [6.45, 7) is 3.69. The first-order chi connectivity index (χ1) is 13.4. The van der Waals surface area contributed by atoms with Crippen molar-refractivity contribution in [3.63, 3.8) is 0 Å². The Morgan fingerprint density at radius 1 is 1.11 bits per heavy atom. The lowest BCUT2D eigenvalue weighted by Gasteiger charge is -2.12. The van der Waals surface area contributed by atoms with Crippen LogP contribution in [0.2, 0.25) is 5.02 Å². The highest BCUT2D eigenvalue weighted by Gasteiger charge is 2.12. The minimum absolute atomic E-state index is 0.138. The van der Waals surface area contributed by atoms with E-state index in [2.05, 4.69) is 10.6 Å². The number of amides is 1. The van der Waals surface area contributed by atoms with Gasteiger partial charge in [0.25, 0.3) is 5.91 Å². The number of thiocarbonyl (C=S) groups is 1. The molecule has 0 saturated heterocycles. The summed E-state index contributed by atoms with van der Waals surface area (Å²) < 4.78 is 5.54. The standard InChI is InChI=1S/C21H19ClN2O3S/c1-12-7-13(2)9-15(8-12)20(26)24-21(28)23-18-10-14(3-5-17(18)22)19-6-4-16(11-25)27-19/h3-10,25H,11H2,1-2H3,(H2,23,24,26,28). The van der Waals surface area contributed by atoms with Crippen LogP contribution in [0.3, 0.4) is 0 Å². The molecule has 7 heteroatoms. The van der Waals surface area contributed by atoms with Crippen LogP contribution >= 0.6 is 23.8 Å². The van der Waals surface area contributed by atoms with E-state index in [9.17, 15) is 4.79 Å². The molecule has 0 bridgehead atoms. The Bertz CT molecular complexity index is 1030. The van der Waals surface area contributed by atoms with E-state index in [1.807, 2.05) is 19.9 Å². The number of carbonyl (C=O) groups is 1. The molecule has 0 saturated carbocycles. The number of halogens is 1. The number of hydrogen-bond acceptors (Lipinski definition) is 4. The lowest BCUT2D eigenvalue weighted by molar-refractivity contribution is 0.0977. The fraction of sp³-hybridized carbons (Fsp3) is 0.143. The van der Waals surface area contributed by atoms with Gasteiger partial charge in [0, 0.05) is 11.1 Å². The summed E-state index contributed by atoms with van der Waals surface area (Å²) in [5, 5.41) is 15.3. The molecule has 1 aromatic heterocycles. The topological polar surface area (TPSA) is 74.5 Å². The molecule has 1 amide bonds. The third-order valence-corrected chi connectivity index (χ3v) is 4.56. The van der Waals surface area contributed by atoms with Crippen LogP contribution in [-0.4, -0.2) is 16.1 Å². The van der Waals surface area contributed by atoms with Crippen molar-refractivity contribution in [2.75, 3.05) is 5.32 Å². The third kappa shape index (κ3) is 4.78. The molecule has 3 N–H and O–H groups in total. The van der Waals surface area contributed by atoms with E-state index in [1.54, 1.807) is 42.5 Å². The Morgan fingerprint density at radius 2 is 1.82 bits per heavy atom. The Balaban J connectivity index is 1.74. The predicted octanol–water partition coefficient (Wildman–Crippen LogP) is 4.84. The van der Waals surface area contributed by atoms with Crippen molar-refractivity contribution in [2.24, 2.45) is 0 Å². The van der Waals surface area contributed by atoms with Crippen LogP contribution in [0.15, 0.2) is 52.9 Å². The minimum atomic E-state index is -0.296. The van der Waals surface area contributed by atoms with Crippen molar-refractivity contribution in [3.8, 4) is 11.3 Å². The lowest BCUT2D eigenvalue weighted by Crippen LogP contribution is -2.34. The smallest absolute Gasteiger partial charge is 0.257 e. The average Bonchev–Trinajstić information content (AvgIpc) is 3.12. The van der Waals surface area contributed by atoms with Gasteiger partial charge in [-0.05, 0) is 68.5 Å². The van der Waals surface area contributed by atoms with Crippen molar-refractivity contribution in [1.82, 2.24) is 5.32 Å². The highest BCUT2D eigenvalue weighted by molar-refractivity contribution is 7.80. The van der Waals surface area contributed by atoms with Crippen LogP contribution in [0.1, 0.15) is 27.2 Å². The van der Waals surface area contributed by atoms with E-state index in [0.29, 0.717) is 27.8 Å². The first-order valence-corrected chi connectivity index (χ1v) is 9.34. The second-order valence-electron chi connectivity index (χ2n) is 6.40. The van der Waals surface area contributed by atoms with Crippen molar-refractivity contribution in [1.29, 1.82) is 0 Å². The number of rotatable bonds is 4. The summed E-state index contributed by atoms with van der Waals surface area (Å²) >= 11 is 11.5. The van der Waals surface area contributed by atoms with Crippen molar-refractivity contribution < 1.29 is 14.3 Å². The SMILES string of the molecule is Cc1cc(C)cc(C(=O)NC(=S)Nc2cc(-c3ccc(CO)o3)ccc2Cl)c1. The quantitative estimate of drug-likeness (QED) is 0.533. The number of aliphatic hydroxyl groups is 1. The van der Waals surface area contributed by atoms with E-state index >= 15 is 0 Å². The Morgan fingerprint density at radius 3 is 2.46 bits per heavy atom. The molecule has 5 nitrogen and oxygen atoms in total. The van der Waals surface area contributed by atoms with Gasteiger partial charge >= 0.3 is 0 Å². The van der Waals surface area contributed by atoms with Gasteiger partial charge in [0.15, 0.2) is 5.11 Å². The molecule has 28 heavy (non-hydrogen) atoms. The predicted molar refractivity (Wildman–Crippen MR) is 115 cm³/mol. The normalized spacial score (nSPS) is 10.6. The van der Waals surface area contributed by atoms with E-state index in [0.717, 1.165) is 16.7 Å². The van der Waals surface area contributed by atoms with Gasteiger partial charge in [0.2, 0.25) is 0 Å². The molecule has 0 radical (unpaired) electrons. The molecule has 3 rings (SSSR count). The Hall–Kier alpha value is -2.67. The highest BCUT2D eigenvalue weighted by Crippen LogP contribution is 2.30.